The van der Waals surface area contributed by atoms with Crippen LogP contribution in [-0.2, 0) is 16.2 Å². The Labute approximate surface area is 180 Å². The van der Waals surface area contributed by atoms with Gasteiger partial charge in [0.25, 0.3) is 0 Å². The van der Waals surface area contributed by atoms with Gasteiger partial charge in [-0.25, -0.2) is 4.79 Å². The Morgan fingerprint density at radius 3 is 2.41 bits per heavy atom. The molecule has 0 spiro atoms. The second kappa shape index (κ2) is 7.94. The summed E-state index contributed by atoms with van der Waals surface area (Å²) in [5.41, 5.74) is 3.97. The van der Waals surface area contributed by atoms with Crippen LogP contribution in [0.3, 0.4) is 0 Å². The van der Waals surface area contributed by atoms with Crippen molar-refractivity contribution in [1.82, 2.24) is 0 Å². The van der Waals surface area contributed by atoms with Crippen LogP contribution >= 0.6 is 15.9 Å². The number of alkyl halides is 1. The van der Waals surface area contributed by atoms with E-state index < -0.39 is 5.97 Å². The Morgan fingerprint density at radius 2 is 1.76 bits per heavy atom. The number of rotatable bonds is 6. The van der Waals surface area contributed by atoms with E-state index in [4.69, 9.17) is 9.84 Å². The number of benzene rings is 2. The number of ether oxygens (including phenoxy) is 1. The Morgan fingerprint density at radius 1 is 1.07 bits per heavy atom. The molecule has 1 aliphatic rings. The van der Waals surface area contributed by atoms with E-state index in [2.05, 4.69) is 49.7 Å². The van der Waals surface area contributed by atoms with Crippen molar-refractivity contribution in [3.8, 4) is 5.75 Å². The summed E-state index contributed by atoms with van der Waals surface area (Å²) in [6.07, 6.45) is 2.12. The third-order valence-electron chi connectivity index (χ3n) is 5.96. The summed E-state index contributed by atoms with van der Waals surface area (Å²) in [6, 6.07) is 10.7. The van der Waals surface area contributed by atoms with Gasteiger partial charge in [0, 0.05) is 16.5 Å². The number of carbonyl (C=O) groups is 2. The summed E-state index contributed by atoms with van der Waals surface area (Å²) in [5.74, 6) is -0.532. The highest BCUT2D eigenvalue weighted by Gasteiger charge is 2.39. The summed E-state index contributed by atoms with van der Waals surface area (Å²) < 4.78 is 5.82. The van der Waals surface area contributed by atoms with Crippen molar-refractivity contribution in [3.63, 3.8) is 0 Å². The highest BCUT2D eigenvalue weighted by molar-refractivity contribution is 9.08. The highest BCUT2D eigenvalue weighted by atomic mass is 79.9. The molecule has 2 aromatic rings. The van der Waals surface area contributed by atoms with Gasteiger partial charge in [0.2, 0.25) is 5.78 Å². The zero-order valence-corrected chi connectivity index (χ0v) is 18.9. The molecule has 0 unspecified atom stereocenters. The molecule has 2 aromatic carbocycles. The monoisotopic (exact) mass is 458 g/mol. The van der Waals surface area contributed by atoms with E-state index in [1.165, 1.54) is 11.6 Å². The van der Waals surface area contributed by atoms with Crippen molar-refractivity contribution in [2.24, 2.45) is 0 Å². The molecule has 3 rings (SSSR count). The van der Waals surface area contributed by atoms with Crippen LogP contribution < -0.4 is 4.74 Å². The number of hydrogen-bond donors (Lipinski definition) is 1. The van der Waals surface area contributed by atoms with E-state index >= 15 is 0 Å². The molecule has 0 atom stereocenters. The lowest BCUT2D eigenvalue weighted by atomic mass is 9.62. The topological polar surface area (TPSA) is 63.6 Å². The van der Waals surface area contributed by atoms with Crippen molar-refractivity contribution in [3.05, 3.63) is 64.2 Å². The van der Waals surface area contributed by atoms with Crippen molar-refractivity contribution in [2.75, 3.05) is 6.61 Å². The fourth-order valence-corrected chi connectivity index (χ4v) is 4.58. The quantitative estimate of drug-likeness (QED) is 0.432. The minimum atomic E-state index is -0.990. The lowest BCUT2D eigenvalue weighted by molar-refractivity contribution is 0.0696. The molecule has 0 aromatic heterocycles. The molecule has 29 heavy (non-hydrogen) atoms. The minimum absolute atomic E-state index is 0.0395. The number of carboxylic acid groups (broad SMARTS) is 1. The second-order valence-electron chi connectivity index (χ2n) is 8.97. The average Bonchev–Trinajstić information content (AvgIpc) is 2.69. The number of hydrogen-bond acceptors (Lipinski definition) is 3. The molecule has 1 aliphatic carbocycles. The Balaban J connectivity index is 1.89. The van der Waals surface area contributed by atoms with Gasteiger partial charge < -0.3 is 9.84 Å². The van der Waals surface area contributed by atoms with Crippen molar-refractivity contribution >= 4 is 27.7 Å². The first kappa shape index (κ1) is 21.6. The van der Waals surface area contributed by atoms with Gasteiger partial charge in [-0.3, -0.25) is 4.79 Å². The van der Waals surface area contributed by atoms with Gasteiger partial charge in [-0.15, -0.1) is 0 Å². The first-order valence-electron chi connectivity index (χ1n) is 9.79. The standard InChI is InChI=1S/C24H27BrO4/c1-23(2)10-11-24(3,4)21-17(6-5-7-18(21)23)19(26)14-29-20-9-8-15(22(27)28)12-16(20)13-25/h5-9,12H,10-11,13-14H2,1-4H3,(H,27,28). The fourth-order valence-electron chi connectivity index (χ4n) is 4.14. The first-order chi connectivity index (χ1) is 13.6. The van der Waals surface area contributed by atoms with Gasteiger partial charge in [-0.2, -0.15) is 0 Å². The summed E-state index contributed by atoms with van der Waals surface area (Å²) >= 11 is 3.36. The van der Waals surface area contributed by atoms with Gasteiger partial charge in [-0.05, 0) is 53.0 Å². The van der Waals surface area contributed by atoms with Crippen LogP contribution in [0, 0.1) is 0 Å². The van der Waals surface area contributed by atoms with Crippen LogP contribution in [0.2, 0.25) is 0 Å². The van der Waals surface area contributed by atoms with E-state index in [1.807, 2.05) is 12.1 Å². The molecule has 0 amide bonds. The van der Waals surface area contributed by atoms with Gasteiger partial charge in [0.05, 0.1) is 5.56 Å². The number of aromatic carboxylic acids is 1. The van der Waals surface area contributed by atoms with E-state index in [1.54, 1.807) is 12.1 Å². The Bertz CT molecular complexity index is 959. The molecular weight excluding hydrogens is 432 g/mol. The number of carbonyl (C=O) groups excluding carboxylic acids is 1. The van der Waals surface area contributed by atoms with E-state index in [9.17, 15) is 9.59 Å². The van der Waals surface area contributed by atoms with Crippen molar-refractivity contribution < 1.29 is 19.4 Å². The van der Waals surface area contributed by atoms with E-state index in [0.717, 1.165) is 24.0 Å². The van der Waals surface area contributed by atoms with Crippen molar-refractivity contribution in [1.29, 1.82) is 0 Å². The molecule has 4 nitrogen and oxygen atoms in total. The molecular formula is C24H27BrO4. The van der Waals surface area contributed by atoms with E-state index in [0.29, 0.717) is 16.6 Å². The molecule has 1 N–H and O–H groups in total. The molecule has 0 saturated heterocycles. The summed E-state index contributed by atoms with van der Waals surface area (Å²) in [7, 11) is 0. The first-order valence-corrected chi connectivity index (χ1v) is 10.9. The molecule has 0 radical (unpaired) electrons. The number of Topliss-reactive ketones (excluding diaryl/α,β-unsaturated/α-hetero) is 1. The summed E-state index contributed by atoms with van der Waals surface area (Å²) in [4.78, 5) is 24.3. The molecule has 154 valence electrons. The van der Waals surface area contributed by atoms with Gasteiger partial charge in [0.1, 0.15) is 5.75 Å². The average molecular weight is 459 g/mol. The Kier molecular flexibility index (Phi) is 5.91. The van der Waals surface area contributed by atoms with Crippen LogP contribution in [0.4, 0.5) is 0 Å². The molecule has 0 bridgehead atoms. The predicted molar refractivity (Wildman–Crippen MR) is 118 cm³/mol. The maximum absolute atomic E-state index is 13.1. The maximum atomic E-state index is 13.1. The van der Waals surface area contributed by atoms with Gasteiger partial charge >= 0.3 is 5.97 Å². The molecule has 0 aliphatic heterocycles. The zero-order chi connectivity index (χ0) is 21.4. The second-order valence-corrected chi connectivity index (χ2v) is 9.53. The highest BCUT2D eigenvalue weighted by Crippen LogP contribution is 2.47. The van der Waals surface area contributed by atoms with Gasteiger partial charge in [-0.1, -0.05) is 61.8 Å². The molecule has 0 saturated carbocycles. The number of fused-ring (bicyclic) bond motifs is 1. The summed E-state index contributed by atoms with van der Waals surface area (Å²) in [5, 5.41) is 9.60. The van der Waals surface area contributed by atoms with Crippen LogP contribution in [0.5, 0.6) is 5.75 Å². The number of halogens is 1. The van der Waals surface area contributed by atoms with Crippen LogP contribution in [0.25, 0.3) is 0 Å². The predicted octanol–water partition coefficient (Wildman–Crippen LogP) is 5.89. The van der Waals surface area contributed by atoms with Gasteiger partial charge in [0.15, 0.2) is 6.61 Å². The SMILES string of the molecule is CC1(C)CCC(C)(C)c2c(C(=O)COc3ccc(C(=O)O)cc3CBr)cccc21. The number of ketones is 1. The molecule has 0 fully saturated rings. The van der Waals surface area contributed by atoms with Crippen molar-refractivity contribution in [2.45, 2.75) is 56.7 Å². The van der Waals surface area contributed by atoms with Crippen LogP contribution in [0.1, 0.15) is 77.9 Å². The Hall–Kier alpha value is -2.14. The third kappa shape index (κ3) is 4.25. The number of carboxylic acids is 1. The zero-order valence-electron chi connectivity index (χ0n) is 17.3. The fraction of sp³-hybridized carbons (Fsp3) is 0.417. The minimum Gasteiger partial charge on any atom is -0.485 e. The lowest BCUT2D eigenvalue weighted by Crippen LogP contribution is -2.36. The maximum Gasteiger partial charge on any atom is 0.335 e. The third-order valence-corrected chi connectivity index (χ3v) is 6.56. The smallest absolute Gasteiger partial charge is 0.335 e. The van der Waals surface area contributed by atoms with E-state index in [-0.39, 0.29) is 28.8 Å². The van der Waals surface area contributed by atoms with Crippen LogP contribution in [0.15, 0.2) is 36.4 Å². The molecule has 5 heteroatoms. The largest absolute Gasteiger partial charge is 0.485 e. The lowest BCUT2D eigenvalue weighted by Gasteiger charge is -2.42. The normalized spacial score (nSPS) is 16.7. The summed E-state index contributed by atoms with van der Waals surface area (Å²) in [6.45, 7) is 8.79. The molecule has 0 heterocycles. The van der Waals surface area contributed by atoms with Crippen LogP contribution in [-0.4, -0.2) is 23.5 Å².